The summed E-state index contributed by atoms with van der Waals surface area (Å²) in [5.41, 5.74) is 0. The van der Waals surface area contributed by atoms with E-state index in [0.29, 0.717) is 6.61 Å². The molecule has 0 aromatic carbocycles. The smallest absolute Gasteiger partial charge is 0.224 e. The molecular formula is C12H17ClO8. The maximum absolute atomic E-state index is 10.1. The van der Waals surface area contributed by atoms with E-state index >= 15 is 0 Å². The molecular weight excluding hydrogens is 308 g/mol. The number of halogens is 1. The molecule has 4 rings (SSSR count). The van der Waals surface area contributed by atoms with E-state index in [1.807, 2.05) is 0 Å². The largest absolute Gasteiger partial charge is 0.394 e. The molecule has 4 saturated heterocycles. The average Bonchev–Trinajstić information content (AvgIpc) is 3.13. The maximum atomic E-state index is 10.1. The molecule has 3 N–H and O–H groups in total. The zero-order valence-electron chi connectivity index (χ0n) is 11.0. The molecule has 0 saturated carbocycles. The third-order valence-electron chi connectivity index (χ3n) is 4.48. The van der Waals surface area contributed by atoms with E-state index in [1.165, 1.54) is 0 Å². The van der Waals surface area contributed by atoms with Gasteiger partial charge in [-0.2, -0.15) is 0 Å². The molecule has 0 aliphatic carbocycles. The Labute approximate surface area is 125 Å². The summed E-state index contributed by atoms with van der Waals surface area (Å²) in [6.07, 6.45) is -5.41. The second-order valence-corrected chi connectivity index (χ2v) is 6.27. The summed E-state index contributed by atoms with van der Waals surface area (Å²) in [5.74, 6) is -1.14. The fourth-order valence-electron chi connectivity index (χ4n) is 3.37. The van der Waals surface area contributed by atoms with Crippen LogP contribution < -0.4 is 0 Å². The molecule has 0 aromatic rings. The molecule has 0 unspecified atom stereocenters. The lowest BCUT2D eigenvalue weighted by molar-refractivity contribution is -0.386. The predicted octanol–water partition coefficient (Wildman–Crippen LogP) is -2.06. The SMILES string of the molecule is OC[C@H]1O[C@H](O[C@@]23CO[C@@H]4[C@@H](CO[C@@H]42)O3)[C@H](O)[C@@H](O)[C@H]1Cl. The minimum atomic E-state index is -1.36. The highest BCUT2D eigenvalue weighted by atomic mass is 35.5. The Kier molecular flexibility index (Phi) is 3.45. The van der Waals surface area contributed by atoms with Crippen molar-refractivity contribution in [3.05, 3.63) is 0 Å². The van der Waals surface area contributed by atoms with Crippen LogP contribution >= 0.6 is 11.6 Å². The van der Waals surface area contributed by atoms with Gasteiger partial charge in [0, 0.05) is 0 Å². The summed E-state index contributed by atoms with van der Waals surface area (Å²) in [7, 11) is 0. The molecule has 4 aliphatic heterocycles. The zero-order chi connectivity index (χ0) is 14.8. The van der Waals surface area contributed by atoms with Crippen LogP contribution in [0.15, 0.2) is 0 Å². The number of ether oxygens (including phenoxy) is 5. The zero-order valence-corrected chi connectivity index (χ0v) is 11.8. The maximum Gasteiger partial charge on any atom is 0.224 e. The van der Waals surface area contributed by atoms with Gasteiger partial charge in [0.2, 0.25) is 5.79 Å². The molecule has 4 bridgehead atoms. The minimum absolute atomic E-state index is 0.162. The summed E-state index contributed by atoms with van der Waals surface area (Å²) >= 11 is 5.92. The topological polar surface area (TPSA) is 107 Å². The Hall–Kier alpha value is -0.0300. The normalized spacial score (nSPS) is 58.9. The Morgan fingerprint density at radius 1 is 1.24 bits per heavy atom. The van der Waals surface area contributed by atoms with Gasteiger partial charge in [-0.1, -0.05) is 0 Å². The van der Waals surface area contributed by atoms with Crippen molar-refractivity contribution in [1.82, 2.24) is 0 Å². The van der Waals surface area contributed by atoms with E-state index in [1.54, 1.807) is 0 Å². The molecule has 4 fully saturated rings. The molecule has 8 nitrogen and oxygen atoms in total. The van der Waals surface area contributed by atoms with Crippen LogP contribution in [-0.2, 0) is 23.7 Å². The second kappa shape index (κ2) is 4.98. The highest BCUT2D eigenvalue weighted by molar-refractivity contribution is 6.21. The van der Waals surface area contributed by atoms with Crippen LogP contribution in [-0.4, -0.2) is 89.2 Å². The third-order valence-corrected chi connectivity index (χ3v) is 5.02. The van der Waals surface area contributed by atoms with Crippen molar-refractivity contribution in [1.29, 1.82) is 0 Å². The Morgan fingerprint density at radius 2 is 2.05 bits per heavy atom. The van der Waals surface area contributed by atoms with Crippen LogP contribution in [0, 0.1) is 0 Å². The van der Waals surface area contributed by atoms with Crippen molar-refractivity contribution in [2.45, 2.75) is 54.1 Å². The fraction of sp³-hybridized carbons (Fsp3) is 1.00. The summed E-state index contributed by atoms with van der Waals surface area (Å²) in [6, 6.07) is 0. The van der Waals surface area contributed by atoms with Gasteiger partial charge in [0.15, 0.2) is 6.29 Å². The molecule has 4 heterocycles. The first-order chi connectivity index (χ1) is 10.1. The molecule has 9 atom stereocenters. The summed E-state index contributed by atoms with van der Waals surface area (Å²) < 4.78 is 28.1. The second-order valence-electron chi connectivity index (χ2n) is 5.77. The van der Waals surface area contributed by atoms with Crippen molar-refractivity contribution < 1.29 is 39.0 Å². The molecule has 0 radical (unpaired) electrons. The van der Waals surface area contributed by atoms with Gasteiger partial charge in [0.05, 0.1) is 18.6 Å². The van der Waals surface area contributed by atoms with Gasteiger partial charge in [-0.25, -0.2) is 0 Å². The molecule has 120 valence electrons. The molecule has 0 spiro atoms. The van der Waals surface area contributed by atoms with Crippen molar-refractivity contribution in [3.63, 3.8) is 0 Å². The minimum Gasteiger partial charge on any atom is -0.394 e. The Morgan fingerprint density at radius 3 is 2.71 bits per heavy atom. The highest BCUT2D eigenvalue weighted by Crippen LogP contribution is 2.48. The predicted molar refractivity (Wildman–Crippen MR) is 65.6 cm³/mol. The first kappa shape index (κ1) is 14.6. The van der Waals surface area contributed by atoms with Gasteiger partial charge >= 0.3 is 0 Å². The molecule has 0 amide bonds. The van der Waals surface area contributed by atoms with Crippen molar-refractivity contribution >= 4 is 11.6 Å². The van der Waals surface area contributed by atoms with Crippen LogP contribution in [0.4, 0.5) is 0 Å². The van der Waals surface area contributed by atoms with E-state index in [0.717, 1.165) is 0 Å². The van der Waals surface area contributed by atoms with Gasteiger partial charge < -0.3 is 39.0 Å². The van der Waals surface area contributed by atoms with Gasteiger partial charge in [0.1, 0.15) is 43.2 Å². The summed E-state index contributed by atoms with van der Waals surface area (Å²) in [5, 5.41) is 28.3. The van der Waals surface area contributed by atoms with Crippen LogP contribution in [0.5, 0.6) is 0 Å². The average molecular weight is 325 g/mol. The van der Waals surface area contributed by atoms with Crippen molar-refractivity contribution in [3.8, 4) is 0 Å². The van der Waals surface area contributed by atoms with Gasteiger partial charge in [-0.15, -0.1) is 11.6 Å². The third kappa shape index (κ3) is 1.99. The quantitative estimate of drug-likeness (QED) is 0.509. The number of aliphatic hydroxyl groups is 3. The van der Waals surface area contributed by atoms with Gasteiger partial charge in [-0.3, -0.25) is 0 Å². The number of rotatable bonds is 3. The standard InChI is InChI=1S/C12H17ClO8/c13-6-4(1-14)19-11(8(16)7(6)15)21-12-3-18-9-5(20-12)2-17-10(9)12/h4-11,14-16H,1-3H2/t4-,5-,6+,7+,8-,9-,10+,11-,12+/m1/s1. The van der Waals surface area contributed by atoms with E-state index in [4.69, 9.17) is 35.3 Å². The van der Waals surface area contributed by atoms with E-state index < -0.39 is 42.4 Å². The molecule has 9 heteroatoms. The first-order valence-corrected chi connectivity index (χ1v) is 7.35. The van der Waals surface area contributed by atoms with E-state index in [9.17, 15) is 15.3 Å². The summed E-state index contributed by atoms with van der Waals surface area (Å²) in [6.45, 7) is 0.211. The monoisotopic (exact) mass is 324 g/mol. The van der Waals surface area contributed by atoms with Crippen LogP contribution in [0.1, 0.15) is 0 Å². The van der Waals surface area contributed by atoms with Gasteiger partial charge in [0.25, 0.3) is 0 Å². The Bertz CT molecular complexity index is 422. The van der Waals surface area contributed by atoms with Crippen LogP contribution in [0.3, 0.4) is 0 Å². The lowest BCUT2D eigenvalue weighted by atomic mass is 10.0. The highest BCUT2D eigenvalue weighted by Gasteiger charge is 2.68. The van der Waals surface area contributed by atoms with Crippen molar-refractivity contribution in [2.24, 2.45) is 0 Å². The van der Waals surface area contributed by atoms with E-state index in [2.05, 4.69) is 0 Å². The Balaban J connectivity index is 1.51. The number of hydrogen-bond acceptors (Lipinski definition) is 8. The number of aliphatic hydroxyl groups excluding tert-OH is 3. The van der Waals surface area contributed by atoms with Crippen molar-refractivity contribution in [2.75, 3.05) is 19.8 Å². The molecule has 0 aromatic heterocycles. The van der Waals surface area contributed by atoms with E-state index in [-0.39, 0.29) is 24.9 Å². The first-order valence-electron chi connectivity index (χ1n) is 6.91. The molecule has 4 aliphatic rings. The number of hydrogen-bond donors (Lipinski definition) is 3. The number of alkyl halides is 1. The fourth-order valence-corrected chi connectivity index (χ4v) is 3.66. The molecule has 21 heavy (non-hydrogen) atoms. The summed E-state index contributed by atoms with van der Waals surface area (Å²) in [4.78, 5) is 0. The van der Waals surface area contributed by atoms with Gasteiger partial charge in [-0.05, 0) is 0 Å². The van der Waals surface area contributed by atoms with Crippen LogP contribution in [0.2, 0.25) is 0 Å². The van der Waals surface area contributed by atoms with Crippen LogP contribution in [0.25, 0.3) is 0 Å². The lowest BCUT2D eigenvalue weighted by Crippen LogP contribution is -2.61. The lowest BCUT2D eigenvalue weighted by Gasteiger charge is -2.44.